The number of carbonyl (C=O) groups excluding carboxylic acids is 14. The average Bonchev–Trinajstić information content (AvgIpc) is 1.74. The summed E-state index contributed by atoms with van der Waals surface area (Å²) in [6, 6.07) is -4.70. The highest BCUT2D eigenvalue weighted by Crippen LogP contribution is 2.19. The Morgan fingerprint density at radius 1 is 0.554 bits per heavy atom. The van der Waals surface area contributed by atoms with Crippen molar-refractivity contribution < 1.29 is 102 Å². The molecule has 0 aromatic heterocycles. The lowest BCUT2D eigenvalue weighted by Crippen LogP contribution is -2.61. The summed E-state index contributed by atoms with van der Waals surface area (Å²) >= 11 is 0. The number of aliphatic carboxylic acids is 1. The molecule has 2 aliphatic heterocycles. The Kier molecular flexibility index (Phi) is 30.0. The van der Waals surface area contributed by atoms with Gasteiger partial charge in [-0.1, -0.05) is 42.5 Å². The number of phenolic OH excluding ortho intramolecular Hbond substituents is 1. The number of hydrogen-bond donors (Lipinski definition) is 18. The Morgan fingerprint density at radius 3 is 1.53 bits per heavy atom. The summed E-state index contributed by atoms with van der Waals surface area (Å²) in [7, 11) is -1.66. The van der Waals surface area contributed by atoms with E-state index >= 15 is 0 Å². The molecule has 0 bridgehead atoms. The monoisotopic (exact) mass is 1310 g/mol. The second-order valence-electron chi connectivity index (χ2n) is 21.6. The number of hydrogen-bond acceptors (Lipinski definition) is 20. The molecule has 2 fully saturated rings. The molecule has 92 heavy (non-hydrogen) atoms. The molecule has 0 saturated carbocycles. The molecule has 2 aliphatic rings. The minimum absolute atomic E-state index is 0.0415. The molecule has 4 rings (SSSR count). The third-order valence-electron chi connectivity index (χ3n) is 14.3. The normalized spacial score (nSPS) is 25.2. The van der Waals surface area contributed by atoms with Crippen molar-refractivity contribution in [3.8, 4) is 5.75 Å². The lowest BCUT2D eigenvalue weighted by molar-refractivity contribution is -0.141. The minimum atomic E-state index is -1.95. The van der Waals surface area contributed by atoms with Gasteiger partial charge in [0.25, 0.3) is 0 Å². The van der Waals surface area contributed by atoms with Gasteiger partial charge in [-0.25, -0.2) is 0 Å². The van der Waals surface area contributed by atoms with Gasteiger partial charge in [-0.3, -0.25) is 76.1 Å². The van der Waals surface area contributed by atoms with Crippen molar-refractivity contribution in [1.29, 1.82) is 0 Å². The van der Waals surface area contributed by atoms with Gasteiger partial charge in [0.1, 0.15) is 66.2 Å². The van der Waals surface area contributed by atoms with Crippen LogP contribution in [0.3, 0.4) is 0 Å². The lowest BCUT2D eigenvalue weighted by Gasteiger charge is -2.28. The predicted molar refractivity (Wildman–Crippen MR) is 319 cm³/mol. The third-order valence-corrected chi connectivity index (χ3v) is 15.1. The Balaban J connectivity index is 1.79. The number of aromatic hydroxyl groups is 1. The van der Waals surface area contributed by atoms with E-state index in [1.54, 1.807) is 30.3 Å². The molecule has 0 radical (unpaired) electrons. The summed E-state index contributed by atoms with van der Waals surface area (Å²) in [5.41, 5.74) is 11.5. The van der Waals surface area contributed by atoms with E-state index in [2.05, 4.69) is 58.5 Å². The lowest BCUT2D eigenvalue weighted by atomic mass is 10.0. The van der Waals surface area contributed by atoms with Crippen LogP contribution in [0.2, 0.25) is 0 Å². The molecular weight excluding hydrogens is 1240 g/mol. The number of fused-ring (bicyclic) bond motifs is 1. The van der Waals surface area contributed by atoms with Gasteiger partial charge in [0.2, 0.25) is 82.7 Å². The van der Waals surface area contributed by atoms with Crippen LogP contribution in [0.5, 0.6) is 5.75 Å². The van der Waals surface area contributed by atoms with Crippen LogP contribution in [0.1, 0.15) is 69.4 Å². The quantitative estimate of drug-likeness (QED) is 0.0659. The number of benzene rings is 2. The van der Waals surface area contributed by atoms with Crippen LogP contribution in [0.4, 0.5) is 0 Å². The minimum Gasteiger partial charge on any atom is -0.508 e. The predicted octanol–water partition coefficient (Wildman–Crippen LogP) is -9.08. The summed E-state index contributed by atoms with van der Waals surface area (Å²) in [6.07, 6.45) is -5.14. The second-order valence-corrected chi connectivity index (χ2v) is 23.1. The van der Waals surface area contributed by atoms with Gasteiger partial charge in [-0.05, 0) is 62.3 Å². The molecule has 504 valence electrons. The van der Waals surface area contributed by atoms with Crippen molar-refractivity contribution in [1.82, 2.24) is 63.4 Å². The first kappa shape index (κ1) is 74.8. The van der Waals surface area contributed by atoms with E-state index in [-0.39, 0.29) is 37.3 Å². The number of aliphatic hydroxyl groups is 3. The topological polar surface area (TPSA) is 562 Å². The fraction of sp³-hybridized carbons (Fsp3) is 0.518. The third kappa shape index (κ3) is 24.6. The van der Waals surface area contributed by atoms with Gasteiger partial charge in [0.15, 0.2) is 0 Å². The van der Waals surface area contributed by atoms with Crippen molar-refractivity contribution in [3.05, 3.63) is 65.7 Å². The Labute approximate surface area is 528 Å². The SMILES string of the molecule is C[C@@H](O)[C@@H]1NC(=O)[C@H](CCC(N)=O)NC(=O)[C@H](CCS(C)=O)NC(=O)[C@H](Cc2ccccc2)NC(=O)[C@@H](CCC(=O)O)NC(=O)[C@H](CC(N)=O)NC(=O)[C@@H]2CCCN2C(=O)CNC(=O)[C@H](CO)NC(=O)[C@H](Cc2ccc(O)cc2)NC(=O)[C@H](CO)NC(=O)CNC1=O. The summed E-state index contributed by atoms with van der Waals surface area (Å²) in [6.45, 7) is -3.17. The molecule has 2 heterocycles. The van der Waals surface area contributed by atoms with E-state index in [9.17, 15) is 102 Å². The van der Waals surface area contributed by atoms with Gasteiger partial charge in [-0.2, -0.15) is 0 Å². The van der Waals surface area contributed by atoms with Crippen molar-refractivity contribution in [2.24, 2.45) is 11.5 Å². The number of amides is 14. The zero-order chi connectivity index (χ0) is 68.4. The number of nitrogens with zero attached hydrogens (tertiary/aromatic N) is 1. The molecule has 36 heteroatoms. The number of carbonyl (C=O) groups is 15. The molecule has 2 saturated heterocycles. The van der Waals surface area contributed by atoms with E-state index in [4.69, 9.17) is 11.5 Å². The Hall–Kier alpha value is -9.68. The number of carboxylic acid groups (broad SMARTS) is 1. The Morgan fingerprint density at radius 2 is 1.01 bits per heavy atom. The molecule has 0 spiro atoms. The van der Waals surface area contributed by atoms with E-state index < -0.39 is 237 Å². The van der Waals surface area contributed by atoms with Crippen LogP contribution >= 0.6 is 0 Å². The molecule has 2 aromatic carbocycles. The average molecular weight is 1320 g/mol. The van der Waals surface area contributed by atoms with Crippen molar-refractivity contribution in [2.75, 3.05) is 44.9 Å². The second kappa shape index (κ2) is 36.8. The Bertz CT molecular complexity index is 3050. The maximum absolute atomic E-state index is 14.5. The zero-order valence-corrected chi connectivity index (χ0v) is 51.0. The van der Waals surface area contributed by atoms with E-state index in [1.807, 2.05) is 0 Å². The number of primary amides is 2. The van der Waals surface area contributed by atoms with E-state index in [0.29, 0.717) is 11.1 Å². The summed E-state index contributed by atoms with van der Waals surface area (Å²) in [4.78, 5) is 204. The number of phenols is 1. The number of rotatable bonds is 18. The molecule has 2 aromatic rings. The van der Waals surface area contributed by atoms with E-state index in [1.165, 1.54) is 30.5 Å². The summed E-state index contributed by atoms with van der Waals surface area (Å²) < 4.78 is 12.5. The highest BCUT2D eigenvalue weighted by atomic mass is 32.2. The standard InChI is InChI=1S/C56H78N14O21S/c1-28(73)46-56(90)59-24-43(77)61-39(27-72)54(88)66-36(22-30-10-12-31(74)13-11-30)52(86)68-38(26-71)47(81)60-25-44(78)70-19-6-9-40(70)55(89)67-37(23-42(58)76)53(87)63-33(15-17-45(79)80)48(82)65-35(21-29-7-4-3-5-8-29)51(85)64-34(18-20-92(2)91)49(83)62-32(50(84)69-46)14-16-41(57)75/h3-5,7-8,10-13,28,32-40,46,71-74H,6,9,14-27H2,1-2H3,(H2,57,75)(H2,58,76)(H,59,90)(H,60,81)(H,61,77)(H,62,83)(H,63,87)(H,64,85)(H,65,82)(H,66,88)(H,67,89)(H,68,86)(H,69,84)(H,79,80)/t28-,32+,33-,34+,35+,36+,37+,38+,39+,40+,46+,92?/m1/s1. The highest BCUT2D eigenvalue weighted by Gasteiger charge is 2.39. The van der Waals surface area contributed by atoms with Crippen LogP contribution < -0.4 is 70.0 Å². The van der Waals surface area contributed by atoms with E-state index in [0.717, 1.165) is 11.8 Å². The van der Waals surface area contributed by atoms with Crippen LogP contribution in [-0.2, 0) is 95.6 Å². The number of carboxylic acids is 1. The van der Waals surface area contributed by atoms with Crippen molar-refractivity contribution in [2.45, 2.75) is 138 Å². The van der Waals surface area contributed by atoms with Gasteiger partial charge in [-0.15, -0.1) is 0 Å². The molecule has 35 nitrogen and oxygen atoms in total. The smallest absolute Gasteiger partial charge is 0.303 e. The first-order valence-electron chi connectivity index (χ1n) is 28.9. The first-order chi connectivity index (χ1) is 43.5. The van der Waals surface area contributed by atoms with Crippen LogP contribution in [0.15, 0.2) is 54.6 Å². The molecule has 20 N–H and O–H groups in total. The van der Waals surface area contributed by atoms with Crippen molar-refractivity contribution in [3.63, 3.8) is 0 Å². The first-order valence-corrected chi connectivity index (χ1v) is 30.6. The molecular formula is C56H78N14O21S. The van der Waals surface area contributed by atoms with Gasteiger partial charge < -0.3 is 100 Å². The maximum Gasteiger partial charge on any atom is 0.303 e. The molecule has 12 atom stereocenters. The largest absolute Gasteiger partial charge is 0.508 e. The van der Waals surface area contributed by atoms with Crippen LogP contribution in [0, 0.1) is 0 Å². The van der Waals surface area contributed by atoms with Crippen LogP contribution in [0.25, 0.3) is 0 Å². The number of nitrogens with two attached hydrogens (primary N) is 2. The molecule has 1 unspecified atom stereocenters. The summed E-state index contributed by atoms with van der Waals surface area (Å²) in [5.74, 6) is -18.0. The van der Waals surface area contributed by atoms with Crippen LogP contribution in [-0.4, -0.2) is 235 Å². The number of aliphatic hydroxyl groups excluding tert-OH is 3. The van der Waals surface area contributed by atoms with Gasteiger partial charge in [0.05, 0.1) is 38.8 Å². The fourth-order valence-corrected chi connectivity index (χ4v) is 9.96. The number of nitrogens with one attached hydrogen (secondary N) is 11. The van der Waals surface area contributed by atoms with Gasteiger partial charge in [0, 0.05) is 55.0 Å². The molecule has 0 aliphatic carbocycles. The zero-order valence-electron chi connectivity index (χ0n) is 50.1. The summed E-state index contributed by atoms with van der Waals surface area (Å²) in [5, 5.41) is 75.9. The van der Waals surface area contributed by atoms with Gasteiger partial charge >= 0.3 is 5.97 Å². The maximum atomic E-state index is 14.5. The highest BCUT2D eigenvalue weighted by molar-refractivity contribution is 7.84. The van der Waals surface area contributed by atoms with Crippen molar-refractivity contribution >= 4 is 99.5 Å². The molecule has 14 amide bonds. The fourth-order valence-electron chi connectivity index (χ4n) is 9.39.